The van der Waals surface area contributed by atoms with Crippen LogP contribution in [0.15, 0.2) is 53.3 Å². The maximum absolute atomic E-state index is 9.84. The summed E-state index contributed by atoms with van der Waals surface area (Å²) in [5.74, 6) is 1.81. The minimum Gasteiger partial charge on any atom is -0.389 e. The molecule has 4 aromatic rings. The van der Waals surface area contributed by atoms with E-state index in [0.717, 1.165) is 36.0 Å². The summed E-state index contributed by atoms with van der Waals surface area (Å²) < 4.78 is 5.56. The number of nitrogens with one attached hydrogen (secondary N) is 1. The van der Waals surface area contributed by atoms with Gasteiger partial charge in [0.2, 0.25) is 5.95 Å². The van der Waals surface area contributed by atoms with Gasteiger partial charge >= 0.3 is 0 Å². The lowest BCUT2D eigenvalue weighted by atomic mass is 9.64. The molecule has 0 unspecified atom stereocenters. The molecule has 0 spiro atoms. The van der Waals surface area contributed by atoms with Gasteiger partial charge in [0.1, 0.15) is 5.82 Å². The molecular weight excluding hydrogens is 432 g/mol. The monoisotopic (exact) mass is 458 g/mol. The van der Waals surface area contributed by atoms with Gasteiger partial charge in [-0.25, -0.2) is 9.97 Å². The SMILES string of the molecule is CC(C)(O)CNc1ccc(-c2nc(C3(c4ccc(-c5cnc(N)nc5)cc4)CCC3)no2)nn1. The van der Waals surface area contributed by atoms with Crippen LogP contribution in [0, 0.1) is 0 Å². The number of anilines is 2. The van der Waals surface area contributed by atoms with Crippen molar-refractivity contribution in [1.82, 2.24) is 30.3 Å². The first-order valence-electron chi connectivity index (χ1n) is 11.2. The summed E-state index contributed by atoms with van der Waals surface area (Å²) in [5, 5.41) is 25.5. The van der Waals surface area contributed by atoms with Crippen LogP contribution in [0.4, 0.5) is 11.8 Å². The van der Waals surface area contributed by atoms with E-state index < -0.39 is 5.60 Å². The molecule has 1 fully saturated rings. The predicted molar refractivity (Wildman–Crippen MR) is 127 cm³/mol. The lowest BCUT2D eigenvalue weighted by Crippen LogP contribution is -2.36. The van der Waals surface area contributed by atoms with E-state index in [-0.39, 0.29) is 11.4 Å². The highest BCUT2D eigenvalue weighted by Crippen LogP contribution is 2.48. The summed E-state index contributed by atoms with van der Waals surface area (Å²) in [4.78, 5) is 12.8. The molecule has 0 aliphatic heterocycles. The normalized spacial score (nSPS) is 15.0. The minimum atomic E-state index is -0.847. The quantitative estimate of drug-likeness (QED) is 0.377. The van der Waals surface area contributed by atoms with Gasteiger partial charge in [-0.3, -0.25) is 0 Å². The Kier molecular flexibility index (Phi) is 5.45. The zero-order valence-corrected chi connectivity index (χ0v) is 19.1. The van der Waals surface area contributed by atoms with Crippen molar-refractivity contribution in [2.45, 2.75) is 44.1 Å². The number of nitrogens with zero attached hydrogens (tertiary/aromatic N) is 6. The lowest BCUT2D eigenvalue weighted by molar-refractivity contribution is 0.0944. The van der Waals surface area contributed by atoms with Crippen LogP contribution in [0.5, 0.6) is 0 Å². The first-order valence-corrected chi connectivity index (χ1v) is 11.2. The van der Waals surface area contributed by atoms with E-state index in [1.807, 2.05) is 0 Å². The van der Waals surface area contributed by atoms with E-state index in [9.17, 15) is 5.11 Å². The molecule has 10 heteroatoms. The molecule has 3 heterocycles. The summed E-state index contributed by atoms with van der Waals surface area (Å²) in [6.07, 6.45) is 6.42. The maximum atomic E-state index is 9.84. The van der Waals surface area contributed by atoms with Crippen LogP contribution < -0.4 is 11.1 Å². The second-order valence-electron chi connectivity index (χ2n) is 9.24. The third-order valence-corrected chi connectivity index (χ3v) is 6.09. The molecule has 1 aromatic carbocycles. The van der Waals surface area contributed by atoms with Gasteiger partial charge in [-0.05, 0) is 49.9 Å². The Balaban J connectivity index is 1.35. The Bertz CT molecular complexity index is 1260. The molecule has 0 atom stereocenters. The summed E-state index contributed by atoms with van der Waals surface area (Å²) in [6.45, 7) is 3.80. The third-order valence-electron chi connectivity index (χ3n) is 6.09. The van der Waals surface area contributed by atoms with Crippen molar-refractivity contribution in [2.75, 3.05) is 17.6 Å². The van der Waals surface area contributed by atoms with Gasteiger partial charge in [-0.1, -0.05) is 35.8 Å². The number of nitrogen functional groups attached to an aromatic ring is 1. The average Bonchev–Trinajstić information content (AvgIpc) is 3.28. The van der Waals surface area contributed by atoms with Gasteiger partial charge in [0.15, 0.2) is 11.5 Å². The molecule has 0 bridgehead atoms. The van der Waals surface area contributed by atoms with Crippen molar-refractivity contribution in [1.29, 1.82) is 0 Å². The van der Waals surface area contributed by atoms with Crippen molar-refractivity contribution in [3.8, 4) is 22.7 Å². The maximum Gasteiger partial charge on any atom is 0.278 e. The molecule has 10 nitrogen and oxygen atoms in total. The smallest absolute Gasteiger partial charge is 0.278 e. The van der Waals surface area contributed by atoms with Crippen LogP contribution in [0.3, 0.4) is 0 Å². The Morgan fingerprint density at radius 3 is 2.35 bits per heavy atom. The third kappa shape index (κ3) is 4.32. The molecule has 0 amide bonds. The number of nitrogens with two attached hydrogens (primary N) is 1. The van der Waals surface area contributed by atoms with E-state index in [4.69, 9.17) is 10.3 Å². The summed E-state index contributed by atoms with van der Waals surface area (Å²) in [7, 11) is 0. The molecular formula is C24H26N8O2. The van der Waals surface area contributed by atoms with Crippen molar-refractivity contribution in [3.63, 3.8) is 0 Å². The second kappa shape index (κ2) is 8.45. The molecule has 1 aliphatic carbocycles. The van der Waals surface area contributed by atoms with Crippen molar-refractivity contribution >= 4 is 11.8 Å². The van der Waals surface area contributed by atoms with E-state index in [1.165, 1.54) is 0 Å². The van der Waals surface area contributed by atoms with Crippen LogP contribution in [0.2, 0.25) is 0 Å². The summed E-state index contributed by atoms with van der Waals surface area (Å²) >= 11 is 0. The van der Waals surface area contributed by atoms with Crippen molar-refractivity contribution < 1.29 is 9.63 Å². The lowest BCUT2D eigenvalue weighted by Gasteiger charge is -2.39. The summed E-state index contributed by atoms with van der Waals surface area (Å²) in [6, 6.07) is 11.9. The van der Waals surface area contributed by atoms with Crippen LogP contribution in [0.25, 0.3) is 22.7 Å². The Morgan fingerprint density at radius 2 is 1.76 bits per heavy atom. The molecule has 34 heavy (non-hydrogen) atoms. The fourth-order valence-corrected chi connectivity index (χ4v) is 4.01. The van der Waals surface area contributed by atoms with Gasteiger partial charge in [-0.15, -0.1) is 10.2 Å². The molecule has 1 aliphatic rings. The molecule has 3 aromatic heterocycles. The Morgan fingerprint density at radius 1 is 1.03 bits per heavy atom. The van der Waals surface area contributed by atoms with Gasteiger partial charge < -0.3 is 20.7 Å². The van der Waals surface area contributed by atoms with E-state index in [1.54, 1.807) is 38.4 Å². The van der Waals surface area contributed by atoms with Crippen molar-refractivity contribution in [2.24, 2.45) is 0 Å². The minimum absolute atomic E-state index is 0.256. The van der Waals surface area contributed by atoms with Gasteiger partial charge in [-0.2, -0.15) is 4.98 Å². The first kappa shape index (κ1) is 21.9. The topological polar surface area (TPSA) is 149 Å². The van der Waals surface area contributed by atoms with E-state index in [0.29, 0.717) is 29.8 Å². The molecule has 0 radical (unpaired) electrons. The number of rotatable bonds is 7. The highest BCUT2D eigenvalue weighted by molar-refractivity contribution is 5.63. The number of aromatic nitrogens is 6. The molecule has 4 N–H and O–H groups in total. The van der Waals surface area contributed by atoms with Crippen LogP contribution in [0.1, 0.15) is 44.5 Å². The van der Waals surface area contributed by atoms with Crippen molar-refractivity contribution in [3.05, 3.63) is 60.2 Å². The molecule has 1 saturated carbocycles. The zero-order valence-electron chi connectivity index (χ0n) is 19.1. The fourth-order valence-electron chi connectivity index (χ4n) is 4.01. The van der Waals surface area contributed by atoms with Gasteiger partial charge in [0.05, 0.1) is 11.0 Å². The predicted octanol–water partition coefficient (Wildman–Crippen LogP) is 3.22. The van der Waals surface area contributed by atoms with E-state index >= 15 is 0 Å². The van der Waals surface area contributed by atoms with Crippen LogP contribution in [-0.2, 0) is 5.41 Å². The van der Waals surface area contributed by atoms with Gasteiger partial charge in [0.25, 0.3) is 5.89 Å². The zero-order chi connectivity index (χ0) is 23.8. The molecule has 0 saturated heterocycles. The van der Waals surface area contributed by atoms with Crippen LogP contribution in [-0.4, -0.2) is 47.6 Å². The Labute approximate surface area is 196 Å². The second-order valence-corrected chi connectivity index (χ2v) is 9.24. The Hall–Kier alpha value is -3.92. The highest BCUT2D eigenvalue weighted by atomic mass is 16.5. The van der Waals surface area contributed by atoms with E-state index in [2.05, 4.69) is 59.9 Å². The highest BCUT2D eigenvalue weighted by Gasteiger charge is 2.44. The fraction of sp³-hybridized carbons (Fsp3) is 0.333. The average molecular weight is 459 g/mol. The summed E-state index contributed by atoms with van der Waals surface area (Å²) in [5.41, 5.74) is 8.03. The van der Waals surface area contributed by atoms with Gasteiger partial charge in [0, 0.05) is 24.5 Å². The molecule has 5 rings (SSSR count). The molecule has 174 valence electrons. The largest absolute Gasteiger partial charge is 0.389 e. The number of aliphatic hydroxyl groups is 1. The number of hydrogen-bond donors (Lipinski definition) is 3. The number of hydrogen-bond acceptors (Lipinski definition) is 10. The first-order chi connectivity index (χ1) is 16.3. The number of benzene rings is 1. The standard InChI is InChI=1S/C24H26N8O2/c1-23(2,33)14-28-19-9-8-18(30-31-19)20-29-21(32-34-20)24(10-3-11-24)17-6-4-15(5-7-17)16-12-26-22(25)27-13-16/h4-9,12-13,33H,3,10-11,14H2,1-2H3,(H,28,31)(H2,25,26,27). The van der Waals surface area contributed by atoms with Crippen LogP contribution >= 0.6 is 0 Å².